The van der Waals surface area contributed by atoms with E-state index in [2.05, 4.69) is 0 Å². The lowest BCUT2D eigenvalue weighted by atomic mass is 11.9. The topological polar surface area (TPSA) is 27.7 Å². The highest BCUT2D eigenvalue weighted by Crippen LogP contribution is 2.34. The highest BCUT2D eigenvalue weighted by atomic mass is 35.7. The Hall–Kier alpha value is 1.11. The third-order valence-corrected chi connectivity index (χ3v) is 13.8. The highest BCUT2D eigenvalue weighted by Gasteiger charge is 2.54. The zero-order valence-corrected chi connectivity index (χ0v) is 12.0. The van der Waals surface area contributed by atoms with E-state index in [0.29, 0.717) is 0 Å². The first-order valence-corrected chi connectivity index (χ1v) is 13.1. The van der Waals surface area contributed by atoms with E-state index in [-0.39, 0.29) is 0 Å². The van der Waals surface area contributed by atoms with Crippen LogP contribution in [0, 0.1) is 0 Å². The Morgan fingerprint density at radius 2 is 1.08 bits per heavy atom. The zero-order valence-electron chi connectivity index (χ0n) is 7.48. The van der Waals surface area contributed by atoms with Gasteiger partial charge in [0.2, 0.25) is 0 Å². The average Bonchev–Trinajstić information content (AvgIpc) is 1.44. The van der Waals surface area contributed by atoms with Crippen LogP contribution in [-0.4, -0.2) is 24.3 Å². The molecule has 0 aromatic carbocycles. The molecule has 0 unspecified atom stereocenters. The molecule has 3 nitrogen and oxygen atoms in total. The average molecular weight is 263 g/mol. The van der Waals surface area contributed by atoms with Gasteiger partial charge in [0.05, 0.1) is 0 Å². The molecule has 0 amide bonds. The van der Waals surface area contributed by atoms with Crippen molar-refractivity contribution in [3.8, 4) is 0 Å². The summed E-state index contributed by atoms with van der Waals surface area (Å²) in [5, 5.41) is 0. The minimum Gasteiger partial charge on any atom is -0.416 e. The van der Waals surface area contributed by atoms with Gasteiger partial charge in [-0.15, -0.1) is 0 Å². The van der Waals surface area contributed by atoms with Gasteiger partial charge in [0.25, 0.3) is 0 Å². The quantitative estimate of drug-likeness (QED) is 0.496. The van der Waals surface area contributed by atoms with Gasteiger partial charge in [-0.3, -0.25) is 0 Å². The third-order valence-electron chi connectivity index (χ3n) is 1.22. The van der Waals surface area contributed by atoms with Crippen LogP contribution in [0.3, 0.4) is 0 Å². The smallest absolute Gasteiger partial charge is 0.416 e. The maximum absolute atomic E-state index is 5.89. The van der Waals surface area contributed by atoms with Crippen molar-refractivity contribution in [2.75, 3.05) is 0 Å². The molecule has 0 aromatic rings. The molecule has 0 bridgehead atoms. The second-order valence-corrected chi connectivity index (χ2v) is 16.1. The van der Waals surface area contributed by atoms with Gasteiger partial charge in [0.15, 0.2) is 0 Å². The number of halogens is 2. The van der Waals surface area contributed by atoms with Crippen LogP contribution in [0.2, 0.25) is 26.2 Å². The molecule has 1 saturated heterocycles. The molecule has 0 aromatic heterocycles. The Bertz CT molecular complexity index is 151. The van der Waals surface area contributed by atoms with Crippen LogP contribution in [0.1, 0.15) is 0 Å². The minimum atomic E-state index is -2.92. The summed E-state index contributed by atoms with van der Waals surface area (Å²) in [5.41, 5.74) is 0. The fraction of sp³-hybridized carbons (Fsp3) is 1.00. The van der Waals surface area contributed by atoms with E-state index < -0.39 is 24.3 Å². The number of hydrogen-bond donors (Lipinski definition) is 0. The van der Waals surface area contributed by atoms with Crippen molar-refractivity contribution < 1.29 is 12.3 Å². The maximum atomic E-state index is 5.89. The summed E-state index contributed by atoms with van der Waals surface area (Å²) in [6.07, 6.45) is 0. The summed E-state index contributed by atoms with van der Waals surface area (Å²) in [4.78, 5) is 0. The van der Waals surface area contributed by atoms with Crippen molar-refractivity contribution in [2.45, 2.75) is 26.2 Å². The largest absolute Gasteiger partial charge is 0.533 e. The molecule has 1 fully saturated rings. The third kappa shape index (κ3) is 3.11. The van der Waals surface area contributed by atoms with E-state index in [9.17, 15) is 0 Å². The lowest BCUT2D eigenvalue weighted by Gasteiger charge is -2.43. The van der Waals surface area contributed by atoms with Crippen molar-refractivity contribution >= 4 is 46.5 Å². The summed E-state index contributed by atoms with van der Waals surface area (Å²) >= 11 is 11.8. The van der Waals surface area contributed by atoms with E-state index in [1.165, 1.54) is 0 Å². The van der Waals surface area contributed by atoms with E-state index in [0.717, 1.165) is 0 Å². The first-order chi connectivity index (χ1) is 5.12. The molecule has 1 aliphatic rings. The van der Waals surface area contributed by atoms with Crippen LogP contribution in [-0.2, 0) is 12.3 Å². The SMILES string of the molecule is C[Si]1(C)O[Si](C)(C)O[Si](Cl)(Cl)O1. The van der Waals surface area contributed by atoms with E-state index in [1.54, 1.807) is 0 Å². The molecule has 0 atom stereocenters. The molecule has 1 heterocycles. The molecule has 0 aliphatic carbocycles. The number of rotatable bonds is 0. The molecule has 0 saturated carbocycles. The van der Waals surface area contributed by atoms with Gasteiger partial charge in [-0.2, -0.15) is 0 Å². The van der Waals surface area contributed by atoms with E-state index in [4.69, 9.17) is 34.5 Å². The molecule has 0 spiro atoms. The summed E-state index contributed by atoms with van der Waals surface area (Å²) in [5.74, 6) is 0. The standard InChI is InChI=1S/C4H12Cl2O3Si3/c1-10(2)7-11(3,4)9-12(5,6)8-10/h1-4H3. The molecule has 0 radical (unpaired) electrons. The summed E-state index contributed by atoms with van der Waals surface area (Å²) in [6, 6.07) is 0. The van der Waals surface area contributed by atoms with Gasteiger partial charge < -0.3 is 12.3 Å². The second-order valence-electron chi connectivity index (χ2n) is 3.57. The normalized spacial score (nSPS) is 31.5. The first kappa shape index (κ1) is 11.2. The van der Waals surface area contributed by atoms with Gasteiger partial charge in [-0.25, -0.2) is 0 Å². The number of hydrogen-bond acceptors (Lipinski definition) is 3. The first-order valence-electron chi connectivity index (χ1n) is 3.60. The Labute approximate surface area is 85.1 Å². The highest BCUT2D eigenvalue weighted by molar-refractivity contribution is 7.42. The Morgan fingerprint density at radius 3 is 1.33 bits per heavy atom. The van der Waals surface area contributed by atoms with Crippen LogP contribution in [0.4, 0.5) is 0 Å². The maximum Gasteiger partial charge on any atom is 0.533 e. The van der Waals surface area contributed by atoms with Crippen LogP contribution in [0.5, 0.6) is 0 Å². The van der Waals surface area contributed by atoms with Crippen LogP contribution in [0.25, 0.3) is 0 Å². The lowest BCUT2D eigenvalue weighted by molar-refractivity contribution is 0.258. The molecule has 1 aliphatic heterocycles. The molecular weight excluding hydrogens is 251 g/mol. The Morgan fingerprint density at radius 1 is 0.750 bits per heavy atom. The summed E-state index contributed by atoms with van der Waals surface area (Å²) in [6.45, 7) is 7.71. The van der Waals surface area contributed by atoms with Crippen LogP contribution < -0.4 is 0 Å². The molecule has 0 N–H and O–H groups in total. The van der Waals surface area contributed by atoms with E-state index in [1.807, 2.05) is 26.2 Å². The fourth-order valence-corrected chi connectivity index (χ4v) is 18.9. The van der Waals surface area contributed by atoms with Crippen molar-refractivity contribution in [1.82, 2.24) is 0 Å². The molecule has 12 heavy (non-hydrogen) atoms. The van der Waals surface area contributed by atoms with Crippen molar-refractivity contribution in [3.05, 3.63) is 0 Å². The molecular formula is C4H12Cl2O3Si3. The Kier molecular flexibility index (Phi) is 2.85. The predicted molar refractivity (Wildman–Crippen MR) is 55.7 cm³/mol. The van der Waals surface area contributed by atoms with Crippen LogP contribution in [0.15, 0.2) is 0 Å². The monoisotopic (exact) mass is 262 g/mol. The van der Waals surface area contributed by atoms with Crippen molar-refractivity contribution in [3.63, 3.8) is 0 Å². The summed E-state index contributed by atoms with van der Waals surface area (Å²) in [7, 11) is -7.17. The summed E-state index contributed by atoms with van der Waals surface area (Å²) < 4.78 is 16.5. The Balaban J connectivity index is 2.81. The van der Waals surface area contributed by atoms with Gasteiger partial charge >= 0.3 is 24.3 Å². The van der Waals surface area contributed by atoms with Gasteiger partial charge in [0.1, 0.15) is 0 Å². The van der Waals surface area contributed by atoms with Crippen molar-refractivity contribution in [2.24, 2.45) is 0 Å². The molecule has 72 valence electrons. The van der Waals surface area contributed by atoms with Crippen LogP contribution >= 0.6 is 22.2 Å². The second kappa shape index (κ2) is 3.06. The van der Waals surface area contributed by atoms with E-state index >= 15 is 0 Å². The zero-order chi connectivity index (χ0) is 9.62. The predicted octanol–water partition coefficient (Wildman–Crippen LogP) is 2.37. The van der Waals surface area contributed by atoms with Gasteiger partial charge in [0, 0.05) is 0 Å². The van der Waals surface area contributed by atoms with Gasteiger partial charge in [-0.05, 0) is 26.2 Å². The van der Waals surface area contributed by atoms with Gasteiger partial charge in [-0.1, -0.05) is 22.2 Å². The fourth-order valence-electron chi connectivity index (χ4n) is 1.23. The molecule has 8 heteroatoms. The molecule has 1 rings (SSSR count). The van der Waals surface area contributed by atoms with Crippen molar-refractivity contribution in [1.29, 1.82) is 0 Å². The lowest BCUT2D eigenvalue weighted by Crippen LogP contribution is -2.62. The minimum absolute atomic E-state index is 1.93.